The Kier molecular flexibility index (Phi) is 7.38. The summed E-state index contributed by atoms with van der Waals surface area (Å²) in [4.78, 5) is 14.1. The number of rotatable bonds is 7. The van der Waals surface area contributed by atoms with E-state index < -0.39 is 0 Å². The monoisotopic (exact) mass is 304 g/mol. The van der Waals surface area contributed by atoms with Crippen molar-refractivity contribution in [2.45, 2.75) is 19.3 Å². The van der Waals surface area contributed by atoms with E-state index in [9.17, 15) is 4.79 Å². The Morgan fingerprint density at radius 1 is 1.37 bits per heavy atom. The fraction of sp³-hybridized carbons (Fsp3) is 0.615. The molecule has 1 amide bonds. The number of carbonyl (C=O) groups is 1. The van der Waals surface area contributed by atoms with Gasteiger partial charge in [-0.2, -0.15) is 0 Å². The smallest absolute Gasteiger partial charge is 0.261 e. The Balaban J connectivity index is 0.00000180. The van der Waals surface area contributed by atoms with Crippen molar-refractivity contribution in [3.05, 3.63) is 21.4 Å². The highest BCUT2D eigenvalue weighted by Crippen LogP contribution is 2.30. The first-order chi connectivity index (χ1) is 8.81. The van der Waals surface area contributed by atoms with Crippen molar-refractivity contribution in [1.29, 1.82) is 0 Å². The lowest BCUT2D eigenvalue weighted by Crippen LogP contribution is -2.32. The fourth-order valence-corrected chi connectivity index (χ4v) is 3.26. The highest BCUT2D eigenvalue weighted by molar-refractivity contribution is 7.14. The SMILES string of the molecule is COCCNCCNC(=O)c1cc2c(s1)CCC2.Cl. The van der Waals surface area contributed by atoms with Crippen LogP contribution in [0.1, 0.15) is 26.5 Å². The second-order valence-electron chi connectivity index (χ2n) is 4.41. The Labute approximate surface area is 124 Å². The van der Waals surface area contributed by atoms with Crippen molar-refractivity contribution in [3.63, 3.8) is 0 Å². The molecule has 2 rings (SSSR count). The minimum Gasteiger partial charge on any atom is -0.383 e. The van der Waals surface area contributed by atoms with Crippen LogP contribution in [-0.2, 0) is 17.6 Å². The molecule has 6 heteroatoms. The molecule has 0 atom stereocenters. The van der Waals surface area contributed by atoms with Gasteiger partial charge in [0.15, 0.2) is 0 Å². The van der Waals surface area contributed by atoms with Gasteiger partial charge in [-0.25, -0.2) is 0 Å². The summed E-state index contributed by atoms with van der Waals surface area (Å²) >= 11 is 1.65. The second-order valence-corrected chi connectivity index (χ2v) is 5.55. The molecule has 0 unspecified atom stereocenters. The molecule has 0 saturated carbocycles. The van der Waals surface area contributed by atoms with Gasteiger partial charge in [0.25, 0.3) is 5.91 Å². The predicted molar refractivity (Wildman–Crippen MR) is 80.7 cm³/mol. The van der Waals surface area contributed by atoms with Gasteiger partial charge in [-0.05, 0) is 30.9 Å². The number of aryl methyl sites for hydroxylation is 2. The molecular formula is C13H21ClN2O2S. The first kappa shape index (κ1) is 16.4. The lowest BCUT2D eigenvalue weighted by Gasteiger charge is -2.05. The summed E-state index contributed by atoms with van der Waals surface area (Å²) in [6.45, 7) is 2.95. The number of carbonyl (C=O) groups excluding carboxylic acids is 1. The molecule has 1 aliphatic rings. The Morgan fingerprint density at radius 3 is 2.95 bits per heavy atom. The molecule has 0 bridgehead atoms. The summed E-state index contributed by atoms with van der Waals surface area (Å²) in [5, 5.41) is 6.13. The van der Waals surface area contributed by atoms with Crippen LogP contribution in [0.2, 0.25) is 0 Å². The van der Waals surface area contributed by atoms with E-state index in [2.05, 4.69) is 16.7 Å². The zero-order valence-electron chi connectivity index (χ0n) is 11.2. The maximum atomic E-state index is 11.9. The number of methoxy groups -OCH3 is 1. The molecule has 1 aromatic heterocycles. The van der Waals surface area contributed by atoms with Crippen LogP contribution in [0.5, 0.6) is 0 Å². The zero-order chi connectivity index (χ0) is 12.8. The Morgan fingerprint density at radius 2 is 2.21 bits per heavy atom. The van der Waals surface area contributed by atoms with Crippen LogP contribution in [0, 0.1) is 0 Å². The summed E-state index contributed by atoms with van der Waals surface area (Å²) < 4.78 is 4.93. The van der Waals surface area contributed by atoms with Crippen molar-refractivity contribution >= 4 is 29.7 Å². The van der Waals surface area contributed by atoms with Gasteiger partial charge in [-0.1, -0.05) is 0 Å². The summed E-state index contributed by atoms with van der Waals surface area (Å²) in [5.41, 5.74) is 1.38. The van der Waals surface area contributed by atoms with Gasteiger partial charge in [-0.3, -0.25) is 4.79 Å². The van der Waals surface area contributed by atoms with Crippen molar-refractivity contribution < 1.29 is 9.53 Å². The average Bonchev–Trinajstić information content (AvgIpc) is 2.93. The number of hydrogen-bond acceptors (Lipinski definition) is 4. The van der Waals surface area contributed by atoms with Crippen LogP contribution in [0.15, 0.2) is 6.07 Å². The number of thiophene rings is 1. The van der Waals surface area contributed by atoms with E-state index in [1.165, 1.54) is 16.9 Å². The first-order valence-electron chi connectivity index (χ1n) is 6.40. The summed E-state index contributed by atoms with van der Waals surface area (Å²) in [7, 11) is 1.68. The molecule has 0 aromatic carbocycles. The maximum Gasteiger partial charge on any atom is 0.261 e. The van der Waals surface area contributed by atoms with Crippen LogP contribution in [0.3, 0.4) is 0 Å². The van der Waals surface area contributed by atoms with Crippen molar-refractivity contribution in [2.75, 3.05) is 33.4 Å². The molecule has 0 aliphatic heterocycles. The second kappa shape index (κ2) is 8.53. The number of fused-ring (bicyclic) bond motifs is 1. The largest absolute Gasteiger partial charge is 0.383 e. The summed E-state index contributed by atoms with van der Waals surface area (Å²) in [6.07, 6.45) is 3.52. The van der Waals surface area contributed by atoms with Gasteiger partial charge in [0, 0.05) is 31.6 Å². The number of hydrogen-bond donors (Lipinski definition) is 2. The molecule has 0 radical (unpaired) electrons. The first-order valence-corrected chi connectivity index (χ1v) is 7.22. The summed E-state index contributed by atoms with van der Waals surface area (Å²) in [5.74, 6) is 0.0583. The quantitative estimate of drug-likeness (QED) is 0.753. The highest BCUT2D eigenvalue weighted by Gasteiger charge is 2.17. The van der Waals surface area contributed by atoms with Crippen LogP contribution in [-0.4, -0.2) is 39.3 Å². The number of ether oxygens (including phenoxy) is 1. The van der Waals surface area contributed by atoms with E-state index in [-0.39, 0.29) is 18.3 Å². The predicted octanol–water partition coefficient (Wildman–Crippen LogP) is 1.62. The van der Waals surface area contributed by atoms with Crippen LogP contribution < -0.4 is 10.6 Å². The van der Waals surface area contributed by atoms with Crippen LogP contribution in [0.25, 0.3) is 0 Å². The van der Waals surface area contributed by atoms with E-state index in [4.69, 9.17) is 4.74 Å². The third-order valence-electron chi connectivity index (χ3n) is 3.04. The van der Waals surface area contributed by atoms with Gasteiger partial charge in [0.05, 0.1) is 11.5 Å². The van der Waals surface area contributed by atoms with Crippen molar-refractivity contribution in [1.82, 2.24) is 10.6 Å². The molecule has 0 saturated heterocycles. The van der Waals surface area contributed by atoms with E-state index in [1.54, 1.807) is 18.4 Å². The van der Waals surface area contributed by atoms with E-state index in [0.717, 1.165) is 30.8 Å². The Hall–Kier alpha value is -0.620. The van der Waals surface area contributed by atoms with Gasteiger partial charge in [0.2, 0.25) is 0 Å². The summed E-state index contributed by atoms with van der Waals surface area (Å²) in [6, 6.07) is 2.06. The molecule has 2 N–H and O–H groups in total. The minimum atomic E-state index is 0. The van der Waals surface area contributed by atoms with E-state index >= 15 is 0 Å². The molecule has 1 aromatic rings. The average molecular weight is 305 g/mol. The third kappa shape index (κ3) is 4.76. The standard InChI is InChI=1S/C13H20N2O2S.ClH/c1-17-8-7-14-5-6-15-13(16)12-9-10-3-2-4-11(10)18-12;/h9,14H,2-8H2,1H3,(H,15,16);1H. The van der Waals surface area contributed by atoms with E-state index in [1.807, 2.05) is 0 Å². The minimum absolute atomic E-state index is 0. The van der Waals surface area contributed by atoms with Gasteiger partial charge in [0.1, 0.15) is 0 Å². The highest BCUT2D eigenvalue weighted by atomic mass is 35.5. The van der Waals surface area contributed by atoms with Crippen LogP contribution in [0.4, 0.5) is 0 Å². The fourth-order valence-electron chi connectivity index (χ4n) is 2.09. The van der Waals surface area contributed by atoms with Gasteiger partial charge < -0.3 is 15.4 Å². The molecule has 4 nitrogen and oxygen atoms in total. The Bertz CT molecular complexity index is 388. The van der Waals surface area contributed by atoms with Crippen molar-refractivity contribution in [2.24, 2.45) is 0 Å². The molecule has 1 heterocycles. The number of amides is 1. The third-order valence-corrected chi connectivity index (χ3v) is 4.28. The van der Waals surface area contributed by atoms with E-state index in [0.29, 0.717) is 13.2 Å². The lowest BCUT2D eigenvalue weighted by atomic mass is 10.2. The number of halogens is 1. The molecule has 1 aliphatic carbocycles. The molecule has 108 valence electrons. The number of nitrogens with one attached hydrogen (secondary N) is 2. The maximum absolute atomic E-state index is 11.9. The van der Waals surface area contributed by atoms with Crippen LogP contribution >= 0.6 is 23.7 Å². The molecule has 19 heavy (non-hydrogen) atoms. The van der Waals surface area contributed by atoms with Crippen molar-refractivity contribution in [3.8, 4) is 0 Å². The molecule has 0 spiro atoms. The molecule has 0 fully saturated rings. The van der Waals surface area contributed by atoms with Gasteiger partial charge >= 0.3 is 0 Å². The molecular weight excluding hydrogens is 284 g/mol. The lowest BCUT2D eigenvalue weighted by molar-refractivity contribution is 0.0957. The van der Waals surface area contributed by atoms with Gasteiger partial charge in [-0.15, -0.1) is 23.7 Å². The normalized spacial score (nSPS) is 12.9. The topological polar surface area (TPSA) is 50.4 Å². The zero-order valence-corrected chi connectivity index (χ0v) is 12.8.